The van der Waals surface area contributed by atoms with Crippen molar-refractivity contribution >= 4 is 6.03 Å². The number of urea groups is 1. The van der Waals surface area contributed by atoms with Crippen LogP contribution in [-0.2, 0) is 6.42 Å². The Morgan fingerprint density at radius 3 is 2.78 bits per heavy atom. The van der Waals surface area contributed by atoms with Gasteiger partial charge in [0, 0.05) is 38.6 Å². The maximum atomic E-state index is 12.5. The number of hydrogen-bond donors (Lipinski definition) is 1. The largest absolute Gasteiger partial charge is 0.339 e. The number of rotatable bonds is 4. The highest BCUT2D eigenvalue weighted by Gasteiger charge is 2.31. The molecule has 2 fully saturated rings. The summed E-state index contributed by atoms with van der Waals surface area (Å²) in [6, 6.07) is 0.496. The molecule has 0 bridgehead atoms. The molecule has 0 spiro atoms. The van der Waals surface area contributed by atoms with Crippen LogP contribution < -0.4 is 5.32 Å². The van der Waals surface area contributed by atoms with Crippen LogP contribution in [0.3, 0.4) is 0 Å². The van der Waals surface area contributed by atoms with Crippen LogP contribution in [0.25, 0.3) is 0 Å². The molecule has 1 aromatic rings. The summed E-state index contributed by atoms with van der Waals surface area (Å²) in [4.78, 5) is 21.0. The number of carbonyl (C=O) groups excluding carboxylic acids is 1. The zero-order valence-electron chi connectivity index (χ0n) is 14.1. The fourth-order valence-corrected chi connectivity index (χ4v) is 3.35. The lowest BCUT2D eigenvalue weighted by Gasteiger charge is -2.33. The molecule has 2 atom stereocenters. The topological polar surface area (TPSA) is 74.5 Å². The summed E-state index contributed by atoms with van der Waals surface area (Å²) >= 11 is 0. The van der Waals surface area contributed by atoms with Crippen molar-refractivity contribution in [1.29, 1.82) is 0 Å². The van der Waals surface area contributed by atoms with Gasteiger partial charge in [-0.15, -0.1) is 0 Å². The number of likely N-dealkylation sites (tertiary alicyclic amines) is 2. The number of carbonyl (C=O) groups is 1. The third-order valence-corrected chi connectivity index (χ3v) is 4.88. The fourth-order valence-electron chi connectivity index (χ4n) is 3.35. The lowest BCUT2D eigenvalue weighted by atomic mass is 9.98. The minimum absolute atomic E-state index is 0.168. The first-order valence-corrected chi connectivity index (χ1v) is 8.71. The van der Waals surface area contributed by atoms with Gasteiger partial charge in [0.05, 0.1) is 5.92 Å². The van der Waals surface area contributed by atoms with Gasteiger partial charge in [-0.3, -0.25) is 0 Å². The minimum atomic E-state index is 0.168. The van der Waals surface area contributed by atoms with Gasteiger partial charge in [0.2, 0.25) is 5.89 Å². The molecule has 1 aromatic heterocycles. The first kappa shape index (κ1) is 16.2. The second-order valence-corrected chi connectivity index (χ2v) is 6.70. The number of amides is 2. The van der Waals surface area contributed by atoms with Crippen molar-refractivity contribution in [3.05, 3.63) is 11.7 Å². The molecule has 2 aliphatic rings. The quantitative estimate of drug-likeness (QED) is 0.912. The Bertz CT molecular complexity index is 526. The molecular weight excluding hydrogens is 294 g/mol. The molecule has 0 radical (unpaired) electrons. The van der Waals surface area contributed by atoms with E-state index in [2.05, 4.69) is 22.4 Å². The number of nitrogens with zero attached hydrogens (tertiary/aromatic N) is 4. The first-order chi connectivity index (χ1) is 11.2. The SMILES string of the molecule is CNC(C)Cc1noc(C2CCCN(C(=O)N3CCCC3)C2)n1. The smallest absolute Gasteiger partial charge is 0.320 e. The lowest BCUT2D eigenvalue weighted by Crippen LogP contribution is -2.46. The van der Waals surface area contributed by atoms with E-state index >= 15 is 0 Å². The van der Waals surface area contributed by atoms with Gasteiger partial charge in [0.1, 0.15) is 0 Å². The Kier molecular flexibility index (Phi) is 5.15. The summed E-state index contributed by atoms with van der Waals surface area (Å²) in [5.74, 6) is 1.59. The molecule has 7 nitrogen and oxygen atoms in total. The Labute approximate surface area is 137 Å². The van der Waals surface area contributed by atoms with E-state index in [0.717, 1.165) is 57.6 Å². The Morgan fingerprint density at radius 2 is 2.04 bits per heavy atom. The Balaban J connectivity index is 1.60. The molecule has 7 heteroatoms. The van der Waals surface area contributed by atoms with Gasteiger partial charge >= 0.3 is 6.03 Å². The molecule has 0 aromatic carbocycles. The van der Waals surface area contributed by atoms with Crippen LogP contribution in [-0.4, -0.2) is 65.2 Å². The van der Waals surface area contributed by atoms with Gasteiger partial charge in [-0.05, 0) is 39.7 Å². The highest BCUT2D eigenvalue weighted by molar-refractivity contribution is 5.74. The van der Waals surface area contributed by atoms with Crippen LogP contribution in [0.1, 0.15) is 50.2 Å². The minimum Gasteiger partial charge on any atom is -0.339 e. The van der Waals surface area contributed by atoms with Crippen molar-refractivity contribution in [2.75, 3.05) is 33.2 Å². The molecule has 3 rings (SSSR count). The molecule has 2 unspecified atom stereocenters. The predicted octanol–water partition coefficient (Wildman–Crippen LogP) is 1.62. The van der Waals surface area contributed by atoms with Crippen molar-refractivity contribution in [1.82, 2.24) is 25.3 Å². The van der Waals surface area contributed by atoms with Gasteiger partial charge in [-0.1, -0.05) is 5.16 Å². The van der Waals surface area contributed by atoms with Crippen molar-refractivity contribution in [3.8, 4) is 0 Å². The van der Waals surface area contributed by atoms with Crippen LogP contribution in [0.2, 0.25) is 0 Å². The van der Waals surface area contributed by atoms with Crippen molar-refractivity contribution in [2.24, 2.45) is 0 Å². The van der Waals surface area contributed by atoms with Gasteiger partial charge in [0.25, 0.3) is 0 Å². The van der Waals surface area contributed by atoms with Gasteiger partial charge < -0.3 is 19.6 Å². The second kappa shape index (κ2) is 7.29. The number of likely N-dealkylation sites (N-methyl/N-ethyl adjacent to an activating group) is 1. The molecule has 0 saturated carbocycles. The maximum Gasteiger partial charge on any atom is 0.320 e. The first-order valence-electron chi connectivity index (χ1n) is 8.71. The molecule has 2 aliphatic heterocycles. The highest BCUT2D eigenvalue weighted by atomic mass is 16.5. The average Bonchev–Trinajstić information content (AvgIpc) is 3.26. The normalized spacial score (nSPS) is 23.3. The number of hydrogen-bond acceptors (Lipinski definition) is 5. The molecule has 2 amide bonds. The van der Waals surface area contributed by atoms with Crippen LogP contribution >= 0.6 is 0 Å². The van der Waals surface area contributed by atoms with Crippen molar-refractivity contribution < 1.29 is 9.32 Å². The fraction of sp³-hybridized carbons (Fsp3) is 0.812. The summed E-state index contributed by atoms with van der Waals surface area (Å²) in [5.41, 5.74) is 0. The molecule has 0 aliphatic carbocycles. The van der Waals surface area contributed by atoms with E-state index in [1.807, 2.05) is 16.8 Å². The molecule has 23 heavy (non-hydrogen) atoms. The molecule has 3 heterocycles. The van der Waals surface area contributed by atoms with E-state index in [4.69, 9.17) is 4.52 Å². The van der Waals surface area contributed by atoms with Crippen LogP contribution in [0.15, 0.2) is 4.52 Å². The highest BCUT2D eigenvalue weighted by Crippen LogP contribution is 2.27. The van der Waals surface area contributed by atoms with Gasteiger partial charge in [-0.2, -0.15) is 4.98 Å². The number of aromatic nitrogens is 2. The summed E-state index contributed by atoms with van der Waals surface area (Å²) in [7, 11) is 1.93. The van der Waals surface area contributed by atoms with Gasteiger partial charge in [0.15, 0.2) is 5.82 Å². The standard InChI is InChI=1S/C16H27N5O2/c1-12(17-2)10-14-18-15(23-19-14)13-6-5-9-21(11-13)16(22)20-7-3-4-8-20/h12-13,17H,3-11H2,1-2H3. The van der Waals surface area contributed by atoms with Gasteiger partial charge in [-0.25, -0.2) is 4.79 Å². The van der Waals surface area contributed by atoms with E-state index in [1.54, 1.807) is 0 Å². The third-order valence-electron chi connectivity index (χ3n) is 4.88. The average molecular weight is 321 g/mol. The lowest BCUT2D eigenvalue weighted by molar-refractivity contribution is 0.142. The number of nitrogens with one attached hydrogen (secondary N) is 1. The van der Waals surface area contributed by atoms with E-state index in [9.17, 15) is 4.79 Å². The van der Waals surface area contributed by atoms with Crippen molar-refractivity contribution in [2.45, 2.75) is 51.0 Å². The van der Waals surface area contributed by atoms with E-state index in [1.165, 1.54) is 0 Å². The summed E-state index contributed by atoms with van der Waals surface area (Å²) < 4.78 is 5.46. The second-order valence-electron chi connectivity index (χ2n) is 6.70. The van der Waals surface area contributed by atoms with Crippen LogP contribution in [0.5, 0.6) is 0 Å². The van der Waals surface area contributed by atoms with E-state index in [-0.39, 0.29) is 11.9 Å². The predicted molar refractivity (Wildman–Crippen MR) is 86.3 cm³/mol. The Hall–Kier alpha value is -1.63. The summed E-state index contributed by atoms with van der Waals surface area (Å²) in [5, 5.41) is 7.26. The number of piperidine rings is 1. The molecule has 2 saturated heterocycles. The summed E-state index contributed by atoms with van der Waals surface area (Å²) in [6.45, 7) is 5.41. The van der Waals surface area contributed by atoms with E-state index < -0.39 is 0 Å². The molecule has 1 N–H and O–H groups in total. The monoisotopic (exact) mass is 321 g/mol. The third kappa shape index (κ3) is 3.83. The molecular formula is C16H27N5O2. The van der Waals surface area contributed by atoms with Crippen LogP contribution in [0, 0.1) is 0 Å². The molecule has 128 valence electrons. The summed E-state index contributed by atoms with van der Waals surface area (Å²) in [6.07, 6.45) is 5.00. The van der Waals surface area contributed by atoms with E-state index in [0.29, 0.717) is 18.5 Å². The van der Waals surface area contributed by atoms with Crippen molar-refractivity contribution in [3.63, 3.8) is 0 Å². The maximum absolute atomic E-state index is 12.5. The zero-order valence-corrected chi connectivity index (χ0v) is 14.1. The Morgan fingerprint density at radius 1 is 1.30 bits per heavy atom. The zero-order chi connectivity index (χ0) is 16.2. The van der Waals surface area contributed by atoms with Crippen LogP contribution in [0.4, 0.5) is 4.79 Å².